The van der Waals surface area contributed by atoms with Crippen molar-refractivity contribution >= 4 is 23.6 Å². The average Bonchev–Trinajstić information content (AvgIpc) is 2.94. The van der Waals surface area contributed by atoms with E-state index in [-0.39, 0.29) is 45.4 Å². The predicted molar refractivity (Wildman–Crippen MR) is 130 cm³/mol. The first-order valence-corrected chi connectivity index (χ1v) is 10.8. The summed E-state index contributed by atoms with van der Waals surface area (Å²) in [6.07, 6.45) is 0. The van der Waals surface area contributed by atoms with Gasteiger partial charge in [-0.3, -0.25) is 4.90 Å². The third-order valence-corrected chi connectivity index (χ3v) is 5.76. The molecule has 11 heteroatoms. The molecule has 0 spiro atoms. The van der Waals surface area contributed by atoms with Crippen molar-refractivity contribution in [3.05, 3.63) is 76.3 Å². The minimum Gasteiger partial charge on any atom is -0.493 e. The van der Waals surface area contributed by atoms with E-state index < -0.39 is 23.8 Å². The normalized spacial score (nSPS) is 15.0. The molecule has 0 aromatic heterocycles. The summed E-state index contributed by atoms with van der Waals surface area (Å²) in [6.45, 7) is 0. The second-order valence-corrected chi connectivity index (χ2v) is 7.55. The number of methoxy groups -OCH3 is 5. The van der Waals surface area contributed by atoms with Crippen LogP contribution in [-0.2, 0) is 23.8 Å². The van der Waals surface area contributed by atoms with Crippen LogP contribution in [0.3, 0.4) is 0 Å². The Bertz CT molecular complexity index is 1340. The molecule has 3 rings (SSSR count). The summed E-state index contributed by atoms with van der Waals surface area (Å²) in [6, 6.07) is 13.3. The number of carbonyl (C=O) groups excluding carboxylic acids is 3. The van der Waals surface area contributed by atoms with Gasteiger partial charge in [0.05, 0.1) is 69.9 Å². The van der Waals surface area contributed by atoms with Crippen LogP contribution in [0.15, 0.2) is 65.1 Å². The lowest BCUT2D eigenvalue weighted by atomic mass is 9.80. The first-order valence-electron chi connectivity index (χ1n) is 10.8. The largest absolute Gasteiger partial charge is 0.493 e. The molecule has 0 aliphatic carbocycles. The first-order chi connectivity index (χ1) is 17.8. The van der Waals surface area contributed by atoms with Crippen molar-refractivity contribution in [2.45, 2.75) is 5.92 Å². The number of nitrogens with two attached hydrogens (primary N) is 1. The molecule has 37 heavy (non-hydrogen) atoms. The number of allylic oxidation sites excluding steroid dienone is 1. The highest BCUT2D eigenvalue weighted by Gasteiger charge is 2.44. The Labute approximate surface area is 213 Å². The van der Waals surface area contributed by atoms with Crippen molar-refractivity contribution in [3.63, 3.8) is 0 Å². The van der Waals surface area contributed by atoms with Crippen molar-refractivity contribution in [1.29, 1.82) is 5.26 Å². The highest BCUT2D eigenvalue weighted by molar-refractivity contribution is 6.08. The third kappa shape index (κ3) is 4.64. The van der Waals surface area contributed by atoms with E-state index in [4.69, 9.17) is 29.4 Å². The van der Waals surface area contributed by atoms with Crippen molar-refractivity contribution in [3.8, 4) is 17.6 Å². The van der Waals surface area contributed by atoms with E-state index in [1.807, 2.05) is 6.07 Å². The van der Waals surface area contributed by atoms with Gasteiger partial charge in [0.15, 0.2) is 11.5 Å². The third-order valence-electron chi connectivity index (χ3n) is 5.76. The van der Waals surface area contributed by atoms with Crippen molar-refractivity contribution in [1.82, 2.24) is 0 Å². The second-order valence-electron chi connectivity index (χ2n) is 7.55. The number of ether oxygens (including phenoxy) is 5. The zero-order valence-electron chi connectivity index (χ0n) is 20.9. The van der Waals surface area contributed by atoms with Crippen molar-refractivity contribution < 1.29 is 38.1 Å². The number of hydrogen-bond donors (Lipinski definition) is 1. The fourth-order valence-electron chi connectivity index (χ4n) is 4.09. The Hall–Kier alpha value is -4.98. The van der Waals surface area contributed by atoms with Crippen LogP contribution in [0.4, 0.5) is 5.69 Å². The fourth-order valence-corrected chi connectivity index (χ4v) is 4.09. The average molecular weight is 507 g/mol. The highest BCUT2D eigenvalue weighted by Crippen LogP contribution is 2.46. The maximum atomic E-state index is 13.3. The number of nitrogens with zero attached hydrogens (tertiary/aromatic N) is 2. The lowest BCUT2D eigenvalue weighted by Gasteiger charge is -2.36. The summed E-state index contributed by atoms with van der Waals surface area (Å²) in [5, 5.41) is 10.2. The SMILES string of the molecule is COC(=O)C1=C(C(=O)OC)N(c2cc(OC)c(OC)cc2C(=O)OC)C(N)=C(C#N)C1c1ccccc1. The Morgan fingerprint density at radius 3 is 1.95 bits per heavy atom. The predicted octanol–water partition coefficient (Wildman–Crippen LogP) is 2.39. The van der Waals surface area contributed by atoms with Crippen LogP contribution < -0.4 is 20.1 Å². The van der Waals surface area contributed by atoms with Crippen LogP contribution in [-0.4, -0.2) is 53.5 Å². The van der Waals surface area contributed by atoms with E-state index in [1.54, 1.807) is 30.3 Å². The van der Waals surface area contributed by atoms with Crippen LogP contribution >= 0.6 is 0 Å². The number of hydrogen-bond acceptors (Lipinski definition) is 11. The lowest BCUT2D eigenvalue weighted by Crippen LogP contribution is -2.41. The molecule has 1 atom stereocenters. The highest BCUT2D eigenvalue weighted by atomic mass is 16.5. The molecule has 1 heterocycles. The molecule has 0 radical (unpaired) electrons. The molecule has 0 amide bonds. The number of rotatable bonds is 7. The number of anilines is 1. The van der Waals surface area contributed by atoms with Crippen molar-refractivity contribution in [2.24, 2.45) is 5.73 Å². The quantitative estimate of drug-likeness (QED) is 0.434. The lowest BCUT2D eigenvalue weighted by molar-refractivity contribution is -0.139. The molecule has 0 fully saturated rings. The summed E-state index contributed by atoms with van der Waals surface area (Å²) in [5.41, 5.74) is 6.28. The summed E-state index contributed by atoms with van der Waals surface area (Å²) in [7, 11) is 6.18. The standard InChI is InChI=1S/C26H25N3O8/c1-33-18-11-15(24(30)35-3)17(12-19(18)34-2)29-22(26(32)37-5)21(25(31)36-4)20(16(13-27)23(29)28)14-9-7-6-8-10-14/h6-12,20H,28H2,1-5H3. The number of benzene rings is 2. The molecular formula is C26H25N3O8. The molecule has 11 nitrogen and oxygen atoms in total. The summed E-state index contributed by atoms with van der Waals surface area (Å²) >= 11 is 0. The van der Waals surface area contributed by atoms with Crippen LogP contribution in [0.1, 0.15) is 21.8 Å². The van der Waals surface area contributed by atoms with Crippen LogP contribution in [0.25, 0.3) is 0 Å². The Morgan fingerprint density at radius 2 is 1.43 bits per heavy atom. The number of nitriles is 1. The first kappa shape index (κ1) is 26.6. The van der Waals surface area contributed by atoms with E-state index >= 15 is 0 Å². The molecule has 2 aromatic rings. The van der Waals surface area contributed by atoms with E-state index in [1.165, 1.54) is 33.5 Å². The molecule has 2 aromatic carbocycles. The van der Waals surface area contributed by atoms with Gasteiger partial charge in [0, 0.05) is 12.1 Å². The second kappa shape index (κ2) is 11.2. The van der Waals surface area contributed by atoms with Gasteiger partial charge in [0.1, 0.15) is 11.5 Å². The van der Waals surface area contributed by atoms with E-state index in [9.17, 15) is 19.6 Å². The van der Waals surface area contributed by atoms with Gasteiger partial charge in [-0.15, -0.1) is 0 Å². The molecular weight excluding hydrogens is 482 g/mol. The number of carbonyl (C=O) groups is 3. The van der Waals surface area contributed by atoms with Crippen molar-refractivity contribution in [2.75, 3.05) is 40.4 Å². The minimum absolute atomic E-state index is 0.0249. The molecule has 2 N–H and O–H groups in total. The van der Waals surface area contributed by atoms with Gasteiger partial charge >= 0.3 is 17.9 Å². The van der Waals surface area contributed by atoms with Crippen LogP contribution in [0, 0.1) is 11.3 Å². The summed E-state index contributed by atoms with van der Waals surface area (Å²) in [4.78, 5) is 40.4. The molecule has 0 saturated carbocycles. The molecule has 1 unspecified atom stereocenters. The molecule has 1 aliphatic heterocycles. The topological polar surface area (TPSA) is 150 Å². The van der Waals surface area contributed by atoms with E-state index in [0.717, 1.165) is 19.1 Å². The maximum Gasteiger partial charge on any atom is 0.355 e. The summed E-state index contributed by atoms with van der Waals surface area (Å²) in [5.74, 6) is -3.61. The molecule has 192 valence electrons. The monoisotopic (exact) mass is 507 g/mol. The molecule has 0 bridgehead atoms. The van der Waals surface area contributed by atoms with Gasteiger partial charge in [-0.05, 0) is 5.56 Å². The Balaban J connectivity index is 2.52. The Morgan fingerprint density at radius 1 is 0.865 bits per heavy atom. The zero-order chi connectivity index (χ0) is 27.3. The van der Waals surface area contributed by atoms with Gasteiger partial charge < -0.3 is 29.4 Å². The molecule has 1 aliphatic rings. The van der Waals surface area contributed by atoms with Crippen LogP contribution in [0.5, 0.6) is 11.5 Å². The van der Waals surface area contributed by atoms with Gasteiger partial charge in [0.2, 0.25) is 0 Å². The number of esters is 3. The van der Waals surface area contributed by atoms with E-state index in [0.29, 0.717) is 5.56 Å². The van der Waals surface area contributed by atoms with Crippen LogP contribution in [0.2, 0.25) is 0 Å². The molecule has 0 saturated heterocycles. The minimum atomic E-state index is -1.06. The van der Waals surface area contributed by atoms with E-state index in [2.05, 4.69) is 0 Å². The summed E-state index contributed by atoms with van der Waals surface area (Å²) < 4.78 is 25.7. The van der Waals surface area contributed by atoms with Gasteiger partial charge in [-0.25, -0.2) is 14.4 Å². The zero-order valence-corrected chi connectivity index (χ0v) is 20.9. The van der Waals surface area contributed by atoms with Gasteiger partial charge in [-0.1, -0.05) is 30.3 Å². The van der Waals surface area contributed by atoms with Gasteiger partial charge in [0.25, 0.3) is 0 Å². The fraction of sp³-hybridized carbons (Fsp3) is 0.231. The maximum absolute atomic E-state index is 13.3. The Kier molecular flexibility index (Phi) is 8.04. The van der Waals surface area contributed by atoms with Gasteiger partial charge in [-0.2, -0.15) is 5.26 Å². The smallest absolute Gasteiger partial charge is 0.355 e.